The van der Waals surface area contributed by atoms with Crippen molar-refractivity contribution in [1.82, 2.24) is 9.80 Å². The minimum absolute atomic E-state index is 0.147. The Hall–Kier alpha value is -2.00. The van der Waals surface area contributed by atoms with Gasteiger partial charge in [0.25, 0.3) is 0 Å². The third-order valence-corrected chi connectivity index (χ3v) is 4.48. The molecule has 1 N–H and O–H groups in total. The second kappa shape index (κ2) is 8.79. The number of rotatable bonds is 4. The van der Waals surface area contributed by atoms with Gasteiger partial charge in [0.15, 0.2) is 11.5 Å². The van der Waals surface area contributed by atoms with Crippen LogP contribution in [-0.4, -0.2) is 74.4 Å². The number of nitrogens with one attached hydrogen (secondary N) is 1. The van der Waals surface area contributed by atoms with Crippen molar-refractivity contribution in [2.45, 2.75) is 19.0 Å². The number of hydrogen-bond donors (Lipinski definition) is 1. The van der Waals surface area contributed by atoms with Crippen LogP contribution in [0.5, 0.6) is 11.5 Å². The topological polar surface area (TPSA) is 54.0 Å². The van der Waals surface area contributed by atoms with Gasteiger partial charge >= 0.3 is 6.18 Å². The Kier molecular flexibility index (Phi) is 6.43. The molecule has 1 aromatic rings. The Morgan fingerprint density at radius 3 is 2.48 bits per heavy atom. The summed E-state index contributed by atoms with van der Waals surface area (Å²) in [6.45, 7) is 2.13. The number of hydrogen-bond acceptors (Lipinski definition) is 5. The van der Waals surface area contributed by atoms with Crippen LogP contribution in [0.2, 0.25) is 0 Å². The van der Waals surface area contributed by atoms with Gasteiger partial charge in [-0.05, 0) is 31.6 Å². The van der Waals surface area contributed by atoms with Crippen LogP contribution in [0.4, 0.5) is 18.9 Å². The zero-order chi connectivity index (χ0) is 19.3. The fourth-order valence-corrected chi connectivity index (χ4v) is 3.24. The van der Waals surface area contributed by atoms with E-state index in [1.165, 1.54) is 4.90 Å². The normalized spacial score (nSPS) is 19.2. The molecular formula is C18H24F3N3O3. The number of alkyl halides is 3. The van der Waals surface area contributed by atoms with Crippen molar-refractivity contribution in [2.75, 3.05) is 57.8 Å². The monoisotopic (exact) mass is 387 g/mol. The first-order valence-electron chi connectivity index (χ1n) is 9.10. The molecule has 0 radical (unpaired) electrons. The van der Waals surface area contributed by atoms with E-state index >= 15 is 0 Å². The zero-order valence-corrected chi connectivity index (χ0v) is 15.1. The van der Waals surface area contributed by atoms with Crippen molar-refractivity contribution in [2.24, 2.45) is 0 Å². The van der Waals surface area contributed by atoms with E-state index in [0.29, 0.717) is 63.0 Å². The van der Waals surface area contributed by atoms with Crippen molar-refractivity contribution in [1.29, 1.82) is 0 Å². The molecule has 0 spiro atoms. The van der Waals surface area contributed by atoms with E-state index in [1.54, 1.807) is 18.2 Å². The molecule has 6 nitrogen and oxygen atoms in total. The van der Waals surface area contributed by atoms with Crippen LogP contribution >= 0.6 is 0 Å². The van der Waals surface area contributed by atoms with Crippen LogP contribution in [0.3, 0.4) is 0 Å². The standard InChI is InChI=1S/C18H24F3N3O3/c19-18(20,21)13-24-6-1-5-23(7-8-24)12-17(25)22-14-3-4-15-16(11-14)27-10-2-9-26-15/h3-4,11H,1-2,5-10,12-13H2,(H,22,25). The molecule has 27 heavy (non-hydrogen) atoms. The number of fused-ring (bicyclic) bond motifs is 1. The summed E-state index contributed by atoms with van der Waals surface area (Å²) in [5, 5.41) is 2.82. The van der Waals surface area contributed by atoms with E-state index in [-0.39, 0.29) is 12.5 Å². The molecule has 3 rings (SSSR count). The van der Waals surface area contributed by atoms with E-state index < -0.39 is 12.7 Å². The quantitative estimate of drug-likeness (QED) is 0.860. The molecule has 2 heterocycles. The number of carbonyl (C=O) groups excluding carboxylic acids is 1. The van der Waals surface area contributed by atoms with Crippen LogP contribution in [0.25, 0.3) is 0 Å². The minimum atomic E-state index is -4.19. The molecule has 9 heteroatoms. The lowest BCUT2D eigenvalue weighted by molar-refractivity contribution is -0.145. The summed E-state index contributed by atoms with van der Waals surface area (Å²) in [5.41, 5.74) is 0.609. The number of nitrogens with zero attached hydrogens (tertiary/aromatic N) is 2. The van der Waals surface area contributed by atoms with Gasteiger partial charge in [-0.15, -0.1) is 0 Å². The highest BCUT2D eigenvalue weighted by Crippen LogP contribution is 2.32. The number of carbonyl (C=O) groups is 1. The molecule has 0 aromatic heterocycles. The molecular weight excluding hydrogens is 363 g/mol. The maximum absolute atomic E-state index is 12.5. The van der Waals surface area contributed by atoms with Crippen LogP contribution in [0.1, 0.15) is 12.8 Å². The Balaban J connectivity index is 1.50. The number of benzene rings is 1. The van der Waals surface area contributed by atoms with Gasteiger partial charge in [-0.25, -0.2) is 0 Å². The number of ether oxygens (including phenoxy) is 2. The van der Waals surface area contributed by atoms with E-state index in [4.69, 9.17) is 9.47 Å². The van der Waals surface area contributed by atoms with Gasteiger partial charge in [0.05, 0.1) is 26.3 Å². The molecule has 150 valence electrons. The lowest BCUT2D eigenvalue weighted by atomic mass is 10.2. The van der Waals surface area contributed by atoms with Crippen molar-refractivity contribution in [3.63, 3.8) is 0 Å². The van der Waals surface area contributed by atoms with Crippen molar-refractivity contribution in [3.8, 4) is 11.5 Å². The summed E-state index contributed by atoms with van der Waals surface area (Å²) in [6.07, 6.45) is -2.78. The lowest BCUT2D eigenvalue weighted by Gasteiger charge is -2.22. The Morgan fingerprint density at radius 2 is 1.70 bits per heavy atom. The Morgan fingerprint density at radius 1 is 1.00 bits per heavy atom. The molecule has 1 saturated heterocycles. The smallest absolute Gasteiger partial charge is 0.401 e. The number of amides is 1. The highest BCUT2D eigenvalue weighted by atomic mass is 19.4. The third-order valence-electron chi connectivity index (χ3n) is 4.48. The van der Waals surface area contributed by atoms with E-state index in [9.17, 15) is 18.0 Å². The van der Waals surface area contributed by atoms with E-state index in [1.807, 2.05) is 4.90 Å². The first kappa shape index (κ1) is 19.8. The second-order valence-electron chi connectivity index (χ2n) is 6.78. The highest BCUT2D eigenvalue weighted by Gasteiger charge is 2.31. The highest BCUT2D eigenvalue weighted by molar-refractivity contribution is 5.92. The molecule has 0 unspecified atom stereocenters. The first-order valence-corrected chi connectivity index (χ1v) is 9.10. The van der Waals surface area contributed by atoms with Gasteiger partial charge in [-0.2, -0.15) is 13.2 Å². The predicted octanol–water partition coefficient (Wildman–Crippen LogP) is 2.36. The van der Waals surface area contributed by atoms with Crippen molar-refractivity contribution in [3.05, 3.63) is 18.2 Å². The number of anilines is 1. The SMILES string of the molecule is O=C(CN1CCCN(CC(F)(F)F)CC1)Nc1ccc2c(c1)OCCCO2. The molecule has 0 saturated carbocycles. The molecule has 0 atom stereocenters. The predicted molar refractivity (Wildman–Crippen MR) is 94.2 cm³/mol. The van der Waals surface area contributed by atoms with Crippen molar-refractivity contribution < 1.29 is 27.4 Å². The fraction of sp³-hybridized carbons (Fsp3) is 0.611. The van der Waals surface area contributed by atoms with Crippen LogP contribution in [0, 0.1) is 0 Å². The summed E-state index contributed by atoms with van der Waals surface area (Å²) >= 11 is 0. The van der Waals surface area contributed by atoms with Gasteiger partial charge in [-0.3, -0.25) is 14.6 Å². The van der Waals surface area contributed by atoms with Crippen molar-refractivity contribution >= 4 is 11.6 Å². The van der Waals surface area contributed by atoms with Gasteiger partial charge in [0, 0.05) is 31.3 Å². The van der Waals surface area contributed by atoms with Gasteiger partial charge < -0.3 is 14.8 Å². The lowest BCUT2D eigenvalue weighted by Crippen LogP contribution is -2.39. The minimum Gasteiger partial charge on any atom is -0.490 e. The molecule has 2 aliphatic rings. The average Bonchev–Trinajstić information content (AvgIpc) is 2.94. The third kappa shape index (κ3) is 6.28. The molecule has 0 aliphatic carbocycles. The molecule has 2 aliphatic heterocycles. The summed E-state index contributed by atoms with van der Waals surface area (Å²) < 4.78 is 48.8. The summed E-state index contributed by atoms with van der Waals surface area (Å²) in [6, 6.07) is 5.24. The molecule has 1 fully saturated rings. The average molecular weight is 387 g/mol. The summed E-state index contributed by atoms with van der Waals surface area (Å²) in [5.74, 6) is 1.05. The Bertz CT molecular complexity index is 654. The Labute approximate surface area is 156 Å². The van der Waals surface area contributed by atoms with Gasteiger partial charge in [0.1, 0.15) is 0 Å². The van der Waals surface area contributed by atoms with E-state index in [0.717, 1.165) is 6.42 Å². The zero-order valence-electron chi connectivity index (χ0n) is 15.1. The number of halogens is 3. The van der Waals surface area contributed by atoms with E-state index in [2.05, 4.69) is 5.32 Å². The van der Waals surface area contributed by atoms with Gasteiger partial charge in [-0.1, -0.05) is 0 Å². The molecule has 1 amide bonds. The summed E-state index contributed by atoms with van der Waals surface area (Å²) in [7, 11) is 0. The maximum Gasteiger partial charge on any atom is 0.401 e. The van der Waals surface area contributed by atoms with Crippen LogP contribution in [0.15, 0.2) is 18.2 Å². The largest absolute Gasteiger partial charge is 0.490 e. The van der Waals surface area contributed by atoms with Gasteiger partial charge in [0.2, 0.25) is 5.91 Å². The second-order valence-corrected chi connectivity index (χ2v) is 6.78. The van der Waals surface area contributed by atoms with Crippen LogP contribution < -0.4 is 14.8 Å². The molecule has 1 aromatic carbocycles. The van der Waals surface area contributed by atoms with Crippen LogP contribution in [-0.2, 0) is 4.79 Å². The fourth-order valence-electron chi connectivity index (χ4n) is 3.24. The maximum atomic E-state index is 12.5. The first-order chi connectivity index (χ1) is 12.9. The molecule has 0 bridgehead atoms. The summed E-state index contributed by atoms with van der Waals surface area (Å²) in [4.78, 5) is 15.6.